The number of nitrogens with zero attached hydrogens (tertiary/aromatic N) is 1. The SMILES string of the molecule is CCCCCCCCCCCC(=O)N/N=C\c1ccc(O)cc1. The minimum absolute atomic E-state index is 0.0389. The van der Waals surface area contributed by atoms with Crippen molar-refractivity contribution in [3.63, 3.8) is 0 Å². The summed E-state index contributed by atoms with van der Waals surface area (Å²) in [4.78, 5) is 11.6. The van der Waals surface area contributed by atoms with Gasteiger partial charge in [-0.25, -0.2) is 5.43 Å². The number of carbonyl (C=O) groups excluding carboxylic acids is 1. The van der Waals surface area contributed by atoms with E-state index in [1.54, 1.807) is 30.5 Å². The molecule has 2 N–H and O–H groups in total. The Morgan fingerprint density at radius 3 is 2.17 bits per heavy atom. The molecule has 0 saturated carbocycles. The second-order valence-electron chi connectivity index (χ2n) is 5.96. The predicted molar refractivity (Wildman–Crippen MR) is 95.7 cm³/mol. The van der Waals surface area contributed by atoms with Crippen LogP contribution in [0.4, 0.5) is 0 Å². The number of hydrazone groups is 1. The van der Waals surface area contributed by atoms with Gasteiger partial charge in [-0.1, -0.05) is 58.3 Å². The van der Waals surface area contributed by atoms with Crippen LogP contribution >= 0.6 is 0 Å². The van der Waals surface area contributed by atoms with Crippen LogP contribution in [-0.2, 0) is 4.79 Å². The molecule has 4 nitrogen and oxygen atoms in total. The average molecular weight is 318 g/mol. The highest BCUT2D eigenvalue weighted by Crippen LogP contribution is 2.10. The molecule has 0 saturated heterocycles. The zero-order valence-corrected chi connectivity index (χ0v) is 14.3. The van der Waals surface area contributed by atoms with Crippen molar-refractivity contribution in [2.45, 2.75) is 71.1 Å². The van der Waals surface area contributed by atoms with Crippen LogP contribution in [0, 0.1) is 0 Å². The number of amides is 1. The molecular weight excluding hydrogens is 288 g/mol. The Kier molecular flexibility index (Phi) is 10.6. The van der Waals surface area contributed by atoms with E-state index in [1.165, 1.54) is 44.9 Å². The predicted octanol–water partition coefficient (Wildman–Crippen LogP) is 4.76. The summed E-state index contributed by atoms with van der Waals surface area (Å²) in [5.41, 5.74) is 3.38. The fraction of sp³-hybridized carbons (Fsp3) is 0.579. The monoisotopic (exact) mass is 318 g/mol. The Balaban J connectivity index is 1.99. The number of phenols is 1. The highest BCUT2D eigenvalue weighted by atomic mass is 16.3. The van der Waals surface area contributed by atoms with Crippen molar-refractivity contribution in [3.05, 3.63) is 29.8 Å². The van der Waals surface area contributed by atoms with Crippen LogP contribution in [0.15, 0.2) is 29.4 Å². The van der Waals surface area contributed by atoms with E-state index in [0.717, 1.165) is 18.4 Å². The van der Waals surface area contributed by atoms with Crippen molar-refractivity contribution >= 4 is 12.1 Å². The van der Waals surface area contributed by atoms with Crippen LogP contribution in [0.1, 0.15) is 76.7 Å². The maximum absolute atomic E-state index is 11.6. The normalized spacial score (nSPS) is 11.0. The third-order valence-electron chi connectivity index (χ3n) is 3.80. The van der Waals surface area contributed by atoms with Crippen LogP contribution in [0.5, 0.6) is 5.75 Å². The van der Waals surface area contributed by atoms with Gasteiger partial charge in [-0.3, -0.25) is 4.79 Å². The molecule has 1 aromatic carbocycles. The molecule has 0 aliphatic rings. The lowest BCUT2D eigenvalue weighted by atomic mass is 10.1. The number of nitrogens with one attached hydrogen (secondary N) is 1. The molecule has 1 rings (SSSR count). The van der Waals surface area contributed by atoms with Gasteiger partial charge < -0.3 is 5.11 Å². The molecule has 0 aromatic heterocycles. The Hall–Kier alpha value is -1.84. The van der Waals surface area contributed by atoms with E-state index in [9.17, 15) is 4.79 Å². The van der Waals surface area contributed by atoms with Gasteiger partial charge in [-0.2, -0.15) is 5.10 Å². The molecule has 0 spiro atoms. The van der Waals surface area contributed by atoms with E-state index in [1.807, 2.05) is 0 Å². The van der Waals surface area contributed by atoms with Gasteiger partial charge in [0.2, 0.25) is 5.91 Å². The van der Waals surface area contributed by atoms with Gasteiger partial charge in [-0.15, -0.1) is 0 Å². The Labute approximate surface area is 140 Å². The summed E-state index contributed by atoms with van der Waals surface area (Å²) in [5, 5.41) is 13.1. The topological polar surface area (TPSA) is 61.7 Å². The van der Waals surface area contributed by atoms with Crippen molar-refractivity contribution in [1.29, 1.82) is 0 Å². The lowest BCUT2D eigenvalue weighted by Crippen LogP contribution is -2.16. The second-order valence-corrected chi connectivity index (χ2v) is 5.96. The molecule has 23 heavy (non-hydrogen) atoms. The molecular formula is C19H30N2O2. The van der Waals surface area contributed by atoms with Crippen molar-refractivity contribution in [1.82, 2.24) is 5.43 Å². The van der Waals surface area contributed by atoms with Crippen LogP contribution in [-0.4, -0.2) is 17.2 Å². The molecule has 0 fully saturated rings. The van der Waals surface area contributed by atoms with Crippen molar-refractivity contribution < 1.29 is 9.90 Å². The van der Waals surface area contributed by atoms with Crippen molar-refractivity contribution in [2.24, 2.45) is 5.10 Å². The smallest absolute Gasteiger partial charge is 0.240 e. The summed E-state index contributed by atoms with van der Waals surface area (Å²) >= 11 is 0. The molecule has 0 aliphatic carbocycles. The third-order valence-corrected chi connectivity index (χ3v) is 3.80. The fourth-order valence-corrected chi connectivity index (χ4v) is 2.39. The number of rotatable bonds is 12. The molecule has 1 aromatic rings. The van der Waals surface area contributed by atoms with E-state index in [0.29, 0.717) is 6.42 Å². The molecule has 0 atom stereocenters. The quantitative estimate of drug-likeness (QED) is 0.331. The molecule has 0 radical (unpaired) electrons. The minimum atomic E-state index is -0.0389. The van der Waals surface area contributed by atoms with Gasteiger partial charge in [0.05, 0.1) is 6.21 Å². The number of phenolic OH excluding ortho intramolecular Hbond substituents is 1. The van der Waals surface area contributed by atoms with E-state index in [4.69, 9.17) is 5.11 Å². The maximum Gasteiger partial charge on any atom is 0.240 e. The Morgan fingerprint density at radius 2 is 1.57 bits per heavy atom. The number of unbranched alkanes of at least 4 members (excludes halogenated alkanes) is 8. The first-order chi connectivity index (χ1) is 11.2. The molecule has 4 heteroatoms. The standard InChI is InChI=1S/C19H30N2O2/c1-2-3-4-5-6-7-8-9-10-11-19(23)21-20-16-17-12-14-18(22)15-13-17/h12-16,22H,2-11H2,1H3,(H,21,23)/b20-16-. The molecule has 0 heterocycles. The van der Waals surface area contributed by atoms with Crippen LogP contribution in [0.3, 0.4) is 0 Å². The van der Waals surface area contributed by atoms with Gasteiger partial charge >= 0.3 is 0 Å². The van der Waals surface area contributed by atoms with Crippen LogP contribution < -0.4 is 5.43 Å². The molecule has 128 valence electrons. The van der Waals surface area contributed by atoms with Gasteiger partial charge in [-0.05, 0) is 36.2 Å². The van der Waals surface area contributed by atoms with Crippen LogP contribution in [0.2, 0.25) is 0 Å². The average Bonchev–Trinajstić information content (AvgIpc) is 2.55. The number of aromatic hydroxyl groups is 1. The van der Waals surface area contributed by atoms with E-state index in [-0.39, 0.29) is 11.7 Å². The number of carbonyl (C=O) groups is 1. The third kappa shape index (κ3) is 10.5. The molecule has 0 bridgehead atoms. The van der Waals surface area contributed by atoms with Crippen molar-refractivity contribution in [3.8, 4) is 5.75 Å². The Morgan fingerprint density at radius 1 is 1.00 bits per heavy atom. The zero-order valence-electron chi connectivity index (χ0n) is 14.3. The molecule has 0 unspecified atom stereocenters. The molecule has 0 aliphatic heterocycles. The van der Waals surface area contributed by atoms with Gasteiger partial charge in [0, 0.05) is 6.42 Å². The molecule has 1 amide bonds. The number of benzene rings is 1. The van der Waals surface area contributed by atoms with E-state index >= 15 is 0 Å². The second kappa shape index (κ2) is 12.7. The summed E-state index contributed by atoms with van der Waals surface area (Å²) in [6.07, 6.45) is 13.3. The van der Waals surface area contributed by atoms with Crippen LogP contribution in [0.25, 0.3) is 0 Å². The van der Waals surface area contributed by atoms with Gasteiger partial charge in [0.15, 0.2) is 0 Å². The largest absolute Gasteiger partial charge is 0.508 e. The van der Waals surface area contributed by atoms with Gasteiger partial charge in [0.1, 0.15) is 5.75 Å². The first-order valence-electron chi connectivity index (χ1n) is 8.83. The number of hydrogen-bond acceptors (Lipinski definition) is 3. The lowest BCUT2D eigenvalue weighted by molar-refractivity contribution is -0.121. The summed E-state index contributed by atoms with van der Waals surface area (Å²) in [5.74, 6) is 0.180. The summed E-state index contributed by atoms with van der Waals surface area (Å²) < 4.78 is 0. The van der Waals surface area contributed by atoms with Gasteiger partial charge in [0.25, 0.3) is 0 Å². The fourth-order valence-electron chi connectivity index (χ4n) is 2.39. The maximum atomic E-state index is 11.6. The summed E-state index contributed by atoms with van der Waals surface area (Å²) in [7, 11) is 0. The first kappa shape index (κ1) is 19.2. The zero-order chi connectivity index (χ0) is 16.8. The summed E-state index contributed by atoms with van der Waals surface area (Å²) in [6, 6.07) is 6.66. The summed E-state index contributed by atoms with van der Waals surface area (Å²) in [6.45, 7) is 2.24. The minimum Gasteiger partial charge on any atom is -0.508 e. The number of hydrogen-bond donors (Lipinski definition) is 2. The first-order valence-corrected chi connectivity index (χ1v) is 8.83. The van der Waals surface area contributed by atoms with E-state index in [2.05, 4.69) is 17.5 Å². The highest BCUT2D eigenvalue weighted by Gasteiger charge is 1.99. The lowest BCUT2D eigenvalue weighted by Gasteiger charge is -2.02. The Bertz CT molecular complexity index is 455. The highest BCUT2D eigenvalue weighted by molar-refractivity contribution is 5.82. The van der Waals surface area contributed by atoms with E-state index < -0.39 is 0 Å². The van der Waals surface area contributed by atoms with Crippen molar-refractivity contribution in [2.75, 3.05) is 0 Å².